The summed E-state index contributed by atoms with van der Waals surface area (Å²) in [5.41, 5.74) is 1.65. The number of hydrogen-bond donors (Lipinski definition) is 2. The fourth-order valence-electron chi connectivity index (χ4n) is 1.98. The van der Waals surface area contributed by atoms with Crippen LogP contribution in [0, 0.1) is 5.92 Å². The largest absolute Gasteiger partial charge is 0.465 e. The highest BCUT2D eigenvalue weighted by Crippen LogP contribution is 2.25. The molecule has 1 aromatic rings. The third kappa shape index (κ3) is 6.40. The highest BCUT2D eigenvalue weighted by atomic mass is 32.2. The SMILES string of the molecule is CCOC(=O)[C@H](C(=O)NOC(C)(C)C)[C@H](O)c1ccc(S(C)(=O)=O)cc1. The van der Waals surface area contributed by atoms with Crippen LogP contribution in [0.2, 0.25) is 0 Å². The van der Waals surface area contributed by atoms with Crippen molar-refractivity contribution >= 4 is 21.7 Å². The van der Waals surface area contributed by atoms with E-state index < -0.39 is 39.3 Å². The summed E-state index contributed by atoms with van der Waals surface area (Å²) in [5.74, 6) is -3.35. The van der Waals surface area contributed by atoms with Crippen LogP contribution in [0.15, 0.2) is 29.2 Å². The van der Waals surface area contributed by atoms with Crippen molar-refractivity contribution in [3.05, 3.63) is 29.8 Å². The van der Waals surface area contributed by atoms with E-state index in [2.05, 4.69) is 5.48 Å². The van der Waals surface area contributed by atoms with Gasteiger partial charge >= 0.3 is 5.97 Å². The van der Waals surface area contributed by atoms with Crippen molar-refractivity contribution in [2.24, 2.45) is 5.92 Å². The minimum atomic E-state index is -3.40. The normalized spacial score (nSPS) is 14.4. The third-order valence-electron chi connectivity index (χ3n) is 3.25. The van der Waals surface area contributed by atoms with Crippen LogP contribution in [0.5, 0.6) is 0 Å². The van der Waals surface area contributed by atoms with Crippen molar-refractivity contribution in [1.82, 2.24) is 5.48 Å². The van der Waals surface area contributed by atoms with Crippen molar-refractivity contribution in [2.75, 3.05) is 12.9 Å². The molecule has 0 aromatic heterocycles. The topological polar surface area (TPSA) is 119 Å². The summed E-state index contributed by atoms with van der Waals surface area (Å²) in [6, 6.07) is 5.26. The molecule has 0 fully saturated rings. The van der Waals surface area contributed by atoms with Crippen LogP contribution in [0.3, 0.4) is 0 Å². The highest BCUT2D eigenvalue weighted by Gasteiger charge is 2.37. The van der Waals surface area contributed by atoms with Gasteiger partial charge in [-0.3, -0.25) is 14.4 Å². The Morgan fingerprint density at radius 3 is 2.15 bits per heavy atom. The van der Waals surface area contributed by atoms with E-state index in [4.69, 9.17) is 9.57 Å². The van der Waals surface area contributed by atoms with Gasteiger partial charge < -0.3 is 9.84 Å². The first-order valence-electron chi connectivity index (χ1n) is 7.99. The molecule has 1 rings (SSSR count). The quantitative estimate of drug-likeness (QED) is 0.409. The summed E-state index contributed by atoms with van der Waals surface area (Å²) in [4.78, 5) is 29.7. The van der Waals surface area contributed by atoms with E-state index in [-0.39, 0.29) is 17.1 Å². The fourth-order valence-corrected chi connectivity index (χ4v) is 2.61. The van der Waals surface area contributed by atoms with Gasteiger partial charge in [0.05, 0.1) is 17.1 Å². The number of aliphatic hydroxyl groups is 1. The number of nitrogens with one attached hydrogen (secondary N) is 1. The van der Waals surface area contributed by atoms with E-state index >= 15 is 0 Å². The molecule has 2 N–H and O–H groups in total. The van der Waals surface area contributed by atoms with Crippen molar-refractivity contribution in [1.29, 1.82) is 0 Å². The van der Waals surface area contributed by atoms with E-state index in [0.717, 1.165) is 6.26 Å². The molecule has 0 spiro atoms. The number of hydrogen-bond acceptors (Lipinski definition) is 7. The van der Waals surface area contributed by atoms with Gasteiger partial charge in [-0.2, -0.15) is 0 Å². The van der Waals surface area contributed by atoms with Gasteiger partial charge in [-0.25, -0.2) is 13.9 Å². The Morgan fingerprint density at radius 1 is 1.19 bits per heavy atom. The number of carbonyl (C=O) groups is 2. The number of amides is 1. The molecule has 0 bridgehead atoms. The zero-order valence-electron chi connectivity index (χ0n) is 15.5. The molecule has 0 unspecified atom stereocenters. The Morgan fingerprint density at radius 2 is 1.73 bits per heavy atom. The van der Waals surface area contributed by atoms with Crippen molar-refractivity contribution < 1.29 is 32.7 Å². The predicted molar refractivity (Wildman–Crippen MR) is 93.6 cm³/mol. The molecule has 9 heteroatoms. The molecule has 8 nitrogen and oxygen atoms in total. The van der Waals surface area contributed by atoms with Crippen LogP contribution >= 0.6 is 0 Å². The molecular formula is C17H25NO7S. The van der Waals surface area contributed by atoms with Gasteiger partial charge in [-0.15, -0.1) is 0 Å². The first-order chi connectivity index (χ1) is 11.9. The van der Waals surface area contributed by atoms with Crippen LogP contribution in [-0.2, 0) is 29.0 Å². The molecule has 1 amide bonds. The molecule has 2 atom stereocenters. The molecule has 0 radical (unpaired) electrons. The van der Waals surface area contributed by atoms with E-state index in [0.29, 0.717) is 0 Å². The lowest BCUT2D eigenvalue weighted by Crippen LogP contribution is -2.43. The lowest BCUT2D eigenvalue weighted by molar-refractivity contribution is -0.167. The lowest BCUT2D eigenvalue weighted by atomic mass is 9.95. The van der Waals surface area contributed by atoms with Crippen LogP contribution < -0.4 is 5.48 Å². The molecule has 26 heavy (non-hydrogen) atoms. The predicted octanol–water partition coefficient (Wildman–Crippen LogP) is 1.15. The molecule has 146 valence electrons. The van der Waals surface area contributed by atoms with E-state index in [9.17, 15) is 23.1 Å². The van der Waals surface area contributed by atoms with E-state index in [1.807, 2.05) is 0 Å². The average Bonchev–Trinajstić information content (AvgIpc) is 2.52. The molecule has 0 aliphatic carbocycles. The summed E-state index contributed by atoms with van der Waals surface area (Å²) < 4.78 is 27.9. The summed E-state index contributed by atoms with van der Waals surface area (Å²) in [6.07, 6.45) is -0.483. The van der Waals surface area contributed by atoms with Crippen molar-refractivity contribution in [2.45, 2.75) is 44.3 Å². The molecule has 0 aliphatic heterocycles. The molecular weight excluding hydrogens is 362 g/mol. The van der Waals surface area contributed by atoms with Crippen LogP contribution in [0.4, 0.5) is 0 Å². The average molecular weight is 387 g/mol. The molecule has 0 heterocycles. The van der Waals surface area contributed by atoms with Gasteiger partial charge in [0.25, 0.3) is 5.91 Å². The number of aliphatic hydroxyl groups excluding tert-OH is 1. The Bertz CT molecular complexity index is 735. The van der Waals surface area contributed by atoms with Gasteiger partial charge in [0.2, 0.25) is 0 Å². The maximum Gasteiger partial charge on any atom is 0.321 e. The monoisotopic (exact) mass is 387 g/mol. The summed E-state index contributed by atoms with van der Waals surface area (Å²) in [5, 5.41) is 10.5. The number of ether oxygens (including phenoxy) is 1. The molecule has 1 aromatic carbocycles. The third-order valence-corrected chi connectivity index (χ3v) is 4.37. The number of benzene rings is 1. The van der Waals surface area contributed by atoms with Gasteiger partial charge in [0.15, 0.2) is 15.8 Å². The Labute approximate surface area is 153 Å². The number of carbonyl (C=O) groups excluding carboxylic acids is 2. The second-order valence-corrected chi connectivity index (χ2v) is 8.71. The van der Waals surface area contributed by atoms with Crippen LogP contribution in [0.1, 0.15) is 39.4 Å². The molecule has 0 saturated heterocycles. The van der Waals surface area contributed by atoms with Crippen molar-refractivity contribution in [3.8, 4) is 0 Å². The minimum Gasteiger partial charge on any atom is -0.465 e. The second kappa shape index (κ2) is 8.61. The number of sulfone groups is 1. The molecule has 0 saturated carbocycles. The standard InChI is InChI=1S/C17H25NO7S/c1-6-24-16(21)13(15(20)18-25-17(2,3)4)14(19)11-7-9-12(10-8-11)26(5,22)23/h7-10,13-14,19H,6H2,1-5H3,(H,18,20)/t13-,14+/m0/s1. The first kappa shape index (κ1) is 22.1. The number of esters is 1. The zero-order chi connectivity index (χ0) is 20.1. The lowest BCUT2D eigenvalue weighted by Gasteiger charge is -2.24. The van der Waals surface area contributed by atoms with Gasteiger partial charge in [-0.05, 0) is 45.4 Å². The van der Waals surface area contributed by atoms with E-state index in [1.165, 1.54) is 24.3 Å². The fraction of sp³-hybridized carbons (Fsp3) is 0.529. The number of rotatable bonds is 7. The van der Waals surface area contributed by atoms with Crippen LogP contribution in [-0.4, -0.2) is 43.9 Å². The van der Waals surface area contributed by atoms with Gasteiger partial charge in [0.1, 0.15) is 6.10 Å². The summed E-state index contributed by atoms with van der Waals surface area (Å²) in [6.45, 7) is 6.71. The minimum absolute atomic E-state index is 0.0302. The van der Waals surface area contributed by atoms with E-state index in [1.54, 1.807) is 27.7 Å². The maximum atomic E-state index is 12.4. The Balaban J connectivity index is 3.09. The Hall–Kier alpha value is -1.97. The second-order valence-electron chi connectivity index (χ2n) is 6.70. The maximum absolute atomic E-state index is 12.4. The molecule has 0 aliphatic rings. The van der Waals surface area contributed by atoms with Crippen molar-refractivity contribution in [3.63, 3.8) is 0 Å². The summed E-state index contributed by atoms with van der Waals surface area (Å²) >= 11 is 0. The van der Waals surface area contributed by atoms with Crippen LogP contribution in [0.25, 0.3) is 0 Å². The van der Waals surface area contributed by atoms with Gasteiger partial charge in [0, 0.05) is 6.26 Å². The zero-order valence-corrected chi connectivity index (χ0v) is 16.3. The Kier molecular flexibility index (Phi) is 7.31. The first-order valence-corrected chi connectivity index (χ1v) is 9.88. The number of hydroxylamine groups is 1. The summed E-state index contributed by atoms with van der Waals surface area (Å²) in [7, 11) is -3.40. The van der Waals surface area contributed by atoms with Gasteiger partial charge in [-0.1, -0.05) is 12.1 Å². The smallest absolute Gasteiger partial charge is 0.321 e. The highest BCUT2D eigenvalue weighted by molar-refractivity contribution is 7.90.